The average Bonchev–Trinajstić information content (AvgIpc) is 2.55. The van der Waals surface area contributed by atoms with Gasteiger partial charge in [-0.15, -0.1) is 0 Å². The summed E-state index contributed by atoms with van der Waals surface area (Å²) in [5, 5.41) is 12.7. The number of hydrogen-bond donors (Lipinski definition) is 1. The zero-order chi connectivity index (χ0) is 16.4. The minimum Gasteiger partial charge on any atom is -0.478 e. The number of aromatic nitrogens is 2. The first-order chi connectivity index (χ1) is 9.41. The molecule has 0 aliphatic heterocycles. The number of hydrogen-bond acceptors (Lipinski definition) is 6. The molecule has 0 amide bonds. The minimum atomic E-state index is -3.85. The molecule has 9 heteroatoms. The van der Waals surface area contributed by atoms with E-state index in [-0.39, 0.29) is 11.3 Å². The highest BCUT2D eigenvalue weighted by atomic mass is 32.2. The SMILES string of the molecule is Cn1ncc(C(=O)O)c1CS(=O)(=O)CC(=O)OC(C)(C)C. The van der Waals surface area contributed by atoms with Gasteiger partial charge in [-0.05, 0) is 20.8 Å². The Morgan fingerprint density at radius 3 is 2.43 bits per heavy atom. The molecule has 0 aromatic carbocycles. The molecule has 0 atom stereocenters. The highest BCUT2D eigenvalue weighted by molar-refractivity contribution is 7.91. The number of aromatic carboxylic acids is 1. The van der Waals surface area contributed by atoms with Crippen LogP contribution in [0, 0.1) is 0 Å². The highest BCUT2D eigenvalue weighted by Crippen LogP contribution is 2.14. The summed E-state index contributed by atoms with van der Waals surface area (Å²) in [6.07, 6.45) is 1.07. The fourth-order valence-corrected chi connectivity index (χ4v) is 2.90. The molecule has 0 aliphatic rings. The minimum absolute atomic E-state index is 0.0195. The maximum Gasteiger partial charge on any atom is 0.339 e. The van der Waals surface area contributed by atoms with E-state index in [1.165, 1.54) is 7.05 Å². The first-order valence-electron chi connectivity index (χ1n) is 6.08. The van der Waals surface area contributed by atoms with Crippen molar-refractivity contribution < 1.29 is 27.9 Å². The summed E-state index contributed by atoms with van der Waals surface area (Å²) in [5.41, 5.74) is -0.970. The zero-order valence-electron chi connectivity index (χ0n) is 12.3. The van der Waals surface area contributed by atoms with E-state index in [9.17, 15) is 18.0 Å². The van der Waals surface area contributed by atoms with Crippen molar-refractivity contribution in [1.29, 1.82) is 0 Å². The lowest BCUT2D eigenvalue weighted by molar-refractivity contribution is -0.151. The highest BCUT2D eigenvalue weighted by Gasteiger charge is 2.26. The van der Waals surface area contributed by atoms with Gasteiger partial charge in [0.05, 0.1) is 17.6 Å². The second-order valence-corrected chi connectivity index (χ2v) is 7.62. The Hall–Kier alpha value is -1.90. The van der Waals surface area contributed by atoms with Crippen LogP contribution in [-0.4, -0.2) is 46.6 Å². The number of carboxylic acids is 1. The molecule has 0 spiro atoms. The van der Waals surface area contributed by atoms with Crippen molar-refractivity contribution in [1.82, 2.24) is 9.78 Å². The Bertz CT molecular complexity index is 654. The summed E-state index contributed by atoms with van der Waals surface area (Å²) in [6.45, 7) is 4.88. The Kier molecular flexibility index (Phi) is 4.77. The molecule has 1 rings (SSSR count). The molecule has 21 heavy (non-hydrogen) atoms. The lowest BCUT2D eigenvalue weighted by Gasteiger charge is -2.19. The fraction of sp³-hybridized carbons (Fsp3) is 0.583. The van der Waals surface area contributed by atoms with Crippen LogP contribution in [0.4, 0.5) is 0 Å². The Morgan fingerprint density at radius 2 is 1.95 bits per heavy atom. The monoisotopic (exact) mass is 318 g/mol. The van der Waals surface area contributed by atoms with Crippen molar-refractivity contribution in [3.8, 4) is 0 Å². The molecule has 0 aliphatic carbocycles. The third kappa shape index (κ3) is 5.18. The van der Waals surface area contributed by atoms with Crippen LogP contribution >= 0.6 is 0 Å². The Balaban J connectivity index is 2.89. The number of ether oxygens (including phenoxy) is 1. The fourth-order valence-electron chi connectivity index (χ4n) is 1.62. The van der Waals surface area contributed by atoms with Gasteiger partial charge >= 0.3 is 11.9 Å². The third-order valence-corrected chi connectivity index (χ3v) is 3.80. The first kappa shape index (κ1) is 17.2. The van der Waals surface area contributed by atoms with Gasteiger partial charge < -0.3 is 9.84 Å². The summed E-state index contributed by atoms with van der Waals surface area (Å²) in [6, 6.07) is 0. The van der Waals surface area contributed by atoms with Crippen LogP contribution in [0.1, 0.15) is 36.8 Å². The molecule has 0 radical (unpaired) electrons. The second kappa shape index (κ2) is 5.84. The van der Waals surface area contributed by atoms with Gasteiger partial charge in [-0.1, -0.05) is 0 Å². The molecular formula is C12H18N2O6S. The predicted molar refractivity (Wildman–Crippen MR) is 73.5 cm³/mol. The molecule has 1 N–H and O–H groups in total. The van der Waals surface area contributed by atoms with Gasteiger partial charge in [-0.2, -0.15) is 5.10 Å². The van der Waals surface area contributed by atoms with Crippen molar-refractivity contribution in [3.63, 3.8) is 0 Å². The maximum atomic E-state index is 12.0. The van der Waals surface area contributed by atoms with Crippen LogP contribution in [-0.2, 0) is 32.2 Å². The molecule has 0 saturated carbocycles. The quantitative estimate of drug-likeness (QED) is 0.780. The standard InChI is InChI=1S/C12H18N2O6S/c1-12(2,3)20-10(15)7-21(18,19)6-9-8(11(16)17)5-13-14(9)4/h5H,6-7H2,1-4H3,(H,16,17). The van der Waals surface area contributed by atoms with E-state index in [4.69, 9.17) is 9.84 Å². The largest absolute Gasteiger partial charge is 0.478 e. The van der Waals surface area contributed by atoms with Crippen molar-refractivity contribution in [3.05, 3.63) is 17.5 Å². The van der Waals surface area contributed by atoms with Gasteiger partial charge in [-0.3, -0.25) is 9.48 Å². The van der Waals surface area contributed by atoms with Crippen LogP contribution in [0.5, 0.6) is 0 Å². The summed E-state index contributed by atoms with van der Waals surface area (Å²) >= 11 is 0. The normalized spacial score (nSPS) is 12.2. The molecule has 1 aromatic heterocycles. The number of carboxylic acid groups (broad SMARTS) is 1. The number of carbonyl (C=O) groups is 2. The molecule has 0 unspecified atom stereocenters. The summed E-state index contributed by atoms with van der Waals surface area (Å²) < 4.78 is 30.1. The Labute approximate surface area is 122 Å². The van der Waals surface area contributed by atoms with E-state index in [0.717, 1.165) is 10.9 Å². The average molecular weight is 318 g/mol. The molecule has 0 saturated heterocycles. The van der Waals surface area contributed by atoms with Crippen LogP contribution in [0.15, 0.2) is 6.20 Å². The van der Waals surface area contributed by atoms with Crippen molar-refractivity contribution in [2.45, 2.75) is 32.1 Å². The van der Waals surface area contributed by atoms with Gasteiger partial charge in [0.1, 0.15) is 16.9 Å². The zero-order valence-corrected chi connectivity index (χ0v) is 13.1. The summed E-state index contributed by atoms with van der Waals surface area (Å²) in [4.78, 5) is 22.6. The van der Waals surface area contributed by atoms with Gasteiger partial charge in [0.15, 0.2) is 9.84 Å². The number of nitrogens with zero attached hydrogens (tertiary/aromatic N) is 2. The van der Waals surface area contributed by atoms with Gasteiger partial charge in [0, 0.05) is 7.05 Å². The van der Waals surface area contributed by atoms with Crippen molar-refractivity contribution in [2.24, 2.45) is 7.05 Å². The van der Waals surface area contributed by atoms with Crippen LogP contribution in [0.3, 0.4) is 0 Å². The van der Waals surface area contributed by atoms with E-state index in [0.29, 0.717) is 0 Å². The lowest BCUT2D eigenvalue weighted by atomic mass is 10.2. The number of sulfone groups is 1. The first-order valence-corrected chi connectivity index (χ1v) is 7.90. The maximum absolute atomic E-state index is 12.0. The molecule has 0 bridgehead atoms. The smallest absolute Gasteiger partial charge is 0.339 e. The van der Waals surface area contributed by atoms with E-state index in [1.807, 2.05) is 0 Å². The Morgan fingerprint density at radius 1 is 1.38 bits per heavy atom. The topological polar surface area (TPSA) is 116 Å². The van der Waals surface area contributed by atoms with Crippen LogP contribution in [0.2, 0.25) is 0 Å². The molecule has 1 aromatic rings. The van der Waals surface area contributed by atoms with Crippen LogP contribution in [0.25, 0.3) is 0 Å². The molecule has 0 fully saturated rings. The molecular weight excluding hydrogens is 300 g/mol. The summed E-state index contributed by atoms with van der Waals surface area (Å²) in [5.74, 6) is -3.55. The number of esters is 1. The van der Waals surface area contributed by atoms with E-state index in [2.05, 4.69) is 5.10 Å². The molecule has 8 nitrogen and oxygen atoms in total. The van der Waals surface area contributed by atoms with Crippen molar-refractivity contribution >= 4 is 21.8 Å². The summed E-state index contributed by atoms with van der Waals surface area (Å²) in [7, 11) is -2.42. The number of carbonyl (C=O) groups excluding carboxylic acids is 1. The molecule has 1 heterocycles. The number of aryl methyl sites for hydroxylation is 1. The third-order valence-electron chi connectivity index (χ3n) is 2.41. The van der Waals surface area contributed by atoms with E-state index in [1.54, 1.807) is 20.8 Å². The van der Waals surface area contributed by atoms with Gasteiger partial charge in [0.2, 0.25) is 0 Å². The van der Waals surface area contributed by atoms with E-state index < -0.39 is 38.9 Å². The van der Waals surface area contributed by atoms with Crippen LogP contribution < -0.4 is 0 Å². The van der Waals surface area contributed by atoms with E-state index >= 15 is 0 Å². The van der Waals surface area contributed by atoms with Crippen molar-refractivity contribution in [2.75, 3.05) is 5.75 Å². The predicted octanol–water partition coefficient (Wildman–Crippen LogP) is 0.375. The van der Waals surface area contributed by atoms with Gasteiger partial charge in [-0.25, -0.2) is 13.2 Å². The van der Waals surface area contributed by atoms with Gasteiger partial charge in [0.25, 0.3) is 0 Å². The second-order valence-electron chi connectivity index (χ2n) is 5.55. The number of rotatable bonds is 5. The lowest BCUT2D eigenvalue weighted by Crippen LogP contribution is -2.29. The molecule has 118 valence electrons.